The molecule has 0 amide bonds. The molecular weight excluding hydrogens is 262 g/mol. The molecule has 1 aromatic rings. The van der Waals surface area contributed by atoms with Gasteiger partial charge in [0.2, 0.25) is 10.0 Å². The number of nitrogens with one attached hydrogen (secondary N) is 2. The van der Waals surface area contributed by atoms with Gasteiger partial charge in [-0.2, -0.15) is 0 Å². The Morgan fingerprint density at radius 1 is 1.42 bits per heavy atom. The lowest BCUT2D eigenvalue weighted by Gasteiger charge is -2.31. The standard InChI is InChI=1S/C13H21N3O2S/c1-3-16(11-8-9-15-10-11)12-6-4-5-7-13(12)19(17,18)14-2/h4-7,11,14-15H,3,8-10H2,1-2H3. The maximum atomic E-state index is 12.1. The largest absolute Gasteiger partial charge is 0.366 e. The van der Waals surface area contributed by atoms with Crippen molar-refractivity contribution in [3.63, 3.8) is 0 Å². The zero-order chi connectivity index (χ0) is 13.9. The van der Waals surface area contributed by atoms with Crippen LogP contribution in [0, 0.1) is 0 Å². The second-order valence-corrected chi connectivity index (χ2v) is 6.46. The van der Waals surface area contributed by atoms with E-state index >= 15 is 0 Å². The fraction of sp³-hybridized carbons (Fsp3) is 0.538. The van der Waals surface area contributed by atoms with Gasteiger partial charge in [-0.15, -0.1) is 0 Å². The SMILES string of the molecule is CCN(c1ccccc1S(=O)(=O)NC)C1CCNC1. The van der Waals surface area contributed by atoms with Crippen LogP contribution in [0.2, 0.25) is 0 Å². The van der Waals surface area contributed by atoms with Crippen molar-refractivity contribution < 1.29 is 8.42 Å². The summed E-state index contributed by atoms with van der Waals surface area (Å²) in [5.41, 5.74) is 0.785. The number of hydrogen-bond donors (Lipinski definition) is 2. The summed E-state index contributed by atoms with van der Waals surface area (Å²) in [4.78, 5) is 2.52. The van der Waals surface area contributed by atoms with E-state index in [2.05, 4.69) is 21.9 Å². The fourth-order valence-corrected chi connectivity index (χ4v) is 3.50. The van der Waals surface area contributed by atoms with Crippen molar-refractivity contribution in [3.05, 3.63) is 24.3 Å². The highest BCUT2D eigenvalue weighted by Gasteiger charge is 2.26. The van der Waals surface area contributed by atoms with Crippen molar-refractivity contribution in [1.29, 1.82) is 0 Å². The summed E-state index contributed by atoms with van der Waals surface area (Å²) in [7, 11) is -1.98. The Bertz CT molecular complexity index is 524. The van der Waals surface area contributed by atoms with E-state index in [0.29, 0.717) is 10.9 Å². The van der Waals surface area contributed by atoms with E-state index in [-0.39, 0.29) is 0 Å². The third-order valence-electron chi connectivity index (χ3n) is 3.55. The van der Waals surface area contributed by atoms with Crippen molar-refractivity contribution in [1.82, 2.24) is 10.0 Å². The first-order chi connectivity index (χ1) is 9.10. The van der Waals surface area contributed by atoms with E-state index in [1.807, 2.05) is 12.1 Å². The molecule has 1 saturated heterocycles. The Labute approximate surface area is 115 Å². The Morgan fingerprint density at radius 2 is 2.16 bits per heavy atom. The van der Waals surface area contributed by atoms with Gasteiger partial charge in [0, 0.05) is 19.1 Å². The van der Waals surface area contributed by atoms with Crippen LogP contribution >= 0.6 is 0 Å². The molecule has 2 N–H and O–H groups in total. The molecule has 1 heterocycles. The summed E-state index contributed by atoms with van der Waals surface area (Å²) in [6.07, 6.45) is 1.04. The van der Waals surface area contributed by atoms with Gasteiger partial charge in [0.15, 0.2) is 0 Å². The Hall–Kier alpha value is -1.11. The minimum absolute atomic E-state index is 0.353. The molecule has 0 bridgehead atoms. The van der Waals surface area contributed by atoms with Gasteiger partial charge in [-0.05, 0) is 39.1 Å². The molecule has 0 radical (unpaired) electrons. The number of para-hydroxylation sites is 1. The van der Waals surface area contributed by atoms with Gasteiger partial charge in [-0.1, -0.05) is 12.1 Å². The van der Waals surface area contributed by atoms with E-state index in [1.165, 1.54) is 7.05 Å². The first-order valence-electron chi connectivity index (χ1n) is 6.60. The third kappa shape index (κ3) is 2.91. The number of hydrogen-bond acceptors (Lipinski definition) is 4. The van der Waals surface area contributed by atoms with Gasteiger partial charge in [0.05, 0.1) is 5.69 Å². The van der Waals surface area contributed by atoms with Crippen molar-refractivity contribution >= 4 is 15.7 Å². The molecule has 19 heavy (non-hydrogen) atoms. The van der Waals surface area contributed by atoms with Crippen LogP contribution in [0.25, 0.3) is 0 Å². The minimum Gasteiger partial charge on any atom is -0.366 e. The van der Waals surface area contributed by atoms with Gasteiger partial charge in [-0.3, -0.25) is 0 Å². The molecule has 1 aliphatic heterocycles. The smallest absolute Gasteiger partial charge is 0.242 e. The van der Waals surface area contributed by atoms with Gasteiger partial charge >= 0.3 is 0 Å². The second kappa shape index (κ2) is 5.90. The molecule has 0 aliphatic carbocycles. The number of anilines is 1. The lowest BCUT2D eigenvalue weighted by atomic mass is 10.2. The zero-order valence-corrected chi connectivity index (χ0v) is 12.2. The van der Waals surface area contributed by atoms with Crippen LogP contribution < -0.4 is 14.9 Å². The second-order valence-electron chi connectivity index (χ2n) is 4.61. The van der Waals surface area contributed by atoms with Crippen molar-refractivity contribution in [3.8, 4) is 0 Å². The highest BCUT2D eigenvalue weighted by Crippen LogP contribution is 2.27. The predicted octanol–water partition coefficient (Wildman–Crippen LogP) is 0.783. The summed E-state index contributed by atoms with van der Waals surface area (Å²) < 4.78 is 26.6. The third-order valence-corrected chi connectivity index (χ3v) is 5.01. The summed E-state index contributed by atoms with van der Waals surface area (Å²) in [5.74, 6) is 0. The van der Waals surface area contributed by atoms with Crippen molar-refractivity contribution in [2.45, 2.75) is 24.3 Å². The van der Waals surface area contributed by atoms with E-state index in [4.69, 9.17) is 0 Å². The Morgan fingerprint density at radius 3 is 2.74 bits per heavy atom. The topological polar surface area (TPSA) is 61.4 Å². The zero-order valence-electron chi connectivity index (χ0n) is 11.4. The number of rotatable bonds is 5. The molecule has 106 valence electrons. The van der Waals surface area contributed by atoms with Crippen LogP contribution in [0.15, 0.2) is 29.2 Å². The molecular formula is C13H21N3O2S. The van der Waals surface area contributed by atoms with Crippen LogP contribution in [0.3, 0.4) is 0 Å². The van der Waals surface area contributed by atoms with Gasteiger partial charge < -0.3 is 10.2 Å². The molecule has 1 fully saturated rings. The number of benzene rings is 1. The minimum atomic E-state index is -3.43. The summed E-state index contributed by atoms with van der Waals surface area (Å²) >= 11 is 0. The first kappa shape index (κ1) is 14.3. The van der Waals surface area contributed by atoms with Gasteiger partial charge in [-0.25, -0.2) is 13.1 Å². The van der Waals surface area contributed by atoms with Crippen molar-refractivity contribution in [2.24, 2.45) is 0 Å². The molecule has 0 saturated carbocycles. The van der Waals surface area contributed by atoms with Crippen LogP contribution in [0.1, 0.15) is 13.3 Å². The number of likely N-dealkylation sites (N-methyl/N-ethyl adjacent to an activating group) is 1. The maximum absolute atomic E-state index is 12.1. The van der Waals surface area contributed by atoms with E-state index < -0.39 is 10.0 Å². The molecule has 5 nitrogen and oxygen atoms in total. The molecule has 0 spiro atoms. The summed E-state index contributed by atoms with van der Waals surface area (Å²) in [6, 6.07) is 7.54. The van der Waals surface area contributed by atoms with Crippen molar-refractivity contribution in [2.75, 3.05) is 31.6 Å². The predicted molar refractivity (Wildman–Crippen MR) is 77.0 cm³/mol. The van der Waals surface area contributed by atoms with E-state index in [1.54, 1.807) is 12.1 Å². The van der Waals surface area contributed by atoms with E-state index in [0.717, 1.165) is 31.7 Å². The fourth-order valence-electron chi connectivity index (χ4n) is 2.56. The number of sulfonamides is 1. The summed E-state index contributed by atoms with van der Waals surface area (Å²) in [5, 5.41) is 3.32. The van der Waals surface area contributed by atoms with Crippen LogP contribution in [0.4, 0.5) is 5.69 Å². The molecule has 0 aromatic heterocycles. The molecule has 1 atom stereocenters. The lowest BCUT2D eigenvalue weighted by Crippen LogP contribution is -2.38. The van der Waals surface area contributed by atoms with Crippen LogP contribution in [-0.2, 0) is 10.0 Å². The maximum Gasteiger partial charge on any atom is 0.242 e. The normalized spacial score (nSPS) is 19.6. The molecule has 1 unspecified atom stereocenters. The lowest BCUT2D eigenvalue weighted by molar-refractivity contribution is 0.585. The summed E-state index contributed by atoms with van der Waals surface area (Å²) in [6.45, 7) is 4.74. The molecule has 1 aliphatic rings. The average Bonchev–Trinajstić information content (AvgIpc) is 2.94. The monoisotopic (exact) mass is 283 g/mol. The highest BCUT2D eigenvalue weighted by molar-refractivity contribution is 7.89. The van der Waals surface area contributed by atoms with Gasteiger partial charge in [0.25, 0.3) is 0 Å². The number of nitrogens with zero attached hydrogens (tertiary/aromatic N) is 1. The van der Waals surface area contributed by atoms with Gasteiger partial charge in [0.1, 0.15) is 4.90 Å². The first-order valence-corrected chi connectivity index (χ1v) is 8.08. The molecule has 1 aromatic carbocycles. The average molecular weight is 283 g/mol. The van der Waals surface area contributed by atoms with Crippen LogP contribution in [0.5, 0.6) is 0 Å². The molecule has 2 rings (SSSR count). The highest BCUT2D eigenvalue weighted by atomic mass is 32.2. The Balaban J connectivity index is 2.43. The Kier molecular flexibility index (Phi) is 4.44. The quantitative estimate of drug-likeness (QED) is 0.838. The van der Waals surface area contributed by atoms with E-state index in [9.17, 15) is 8.42 Å². The molecule has 6 heteroatoms. The van der Waals surface area contributed by atoms with Crippen LogP contribution in [-0.4, -0.2) is 41.1 Å².